The predicted octanol–water partition coefficient (Wildman–Crippen LogP) is 1.76. The standard InChI is InChI=1S/C24H31N3O2/c1-3-29-23-11-7-6-10-22(23)26-16-14-25(15-17-26)19(2)24(28)27-13-12-20-8-4-5-9-21(20)18-27/h4-11,19H,3,12-18H2,1-2H3/p+1/t19-/m1/s1. The molecule has 0 radical (unpaired) electrons. The van der Waals surface area contributed by atoms with Gasteiger partial charge in [-0.25, -0.2) is 0 Å². The van der Waals surface area contributed by atoms with E-state index in [0.717, 1.165) is 51.4 Å². The van der Waals surface area contributed by atoms with E-state index in [-0.39, 0.29) is 11.9 Å². The molecule has 0 aromatic heterocycles. The first-order chi connectivity index (χ1) is 14.2. The van der Waals surface area contributed by atoms with E-state index < -0.39 is 0 Å². The minimum Gasteiger partial charge on any atom is -0.492 e. The van der Waals surface area contributed by atoms with Crippen molar-refractivity contribution in [2.24, 2.45) is 0 Å². The summed E-state index contributed by atoms with van der Waals surface area (Å²) in [5.74, 6) is 1.24. The van der Waals surface area contributed by atoms with Gasteiger partial charge in [-0.3, -0.25) is 4.79 Å². The number of para-hydroxylation sites is 2. The summed E-state index contributed by atoms with van der Waals surface area (Å²) in [5.41, 5.74) is 3.85. The van der Waals surface area contributed by atoms with E-state index in [2.05, 4.69) is 53.1 Å². The Morgan fingerprint density at radius 1 is 1.03 bits per heavy atom. The van der Waals surface area contributed by atoms with E-state index in [1.165, 1.54) is 21.7 Å². The molecule has 2 aliphatic rings. The number of benzene rings is 2. The second kappa shape index (κ2) is 8.87. The van der Waals surface area contributed by atoms with Crippen molar-refractivity contribution in [3.63, 3.8) is 0 Å². The Labute approximate surface area is 173 Å². The normalized spacial score (nSPS) is 18.3. The highest BCUT2D eigenvalue weighted by Gasteiger charge is 2.33. The smallest absolute Gasteiger partial charge is 0.280 e. The predicted molar refractivity (Wildman–Crippen MR) is 116 cm³/mol. The Hall–Kier alpha value is -2.53. The van der Waals surface area contributed by atoms with E-state index in [9.17, 15) is 4.79 Å². The van der Waals surface area contributed by atoms with Gasteiger partial charge in [-0.2, -0.15) is 0 Å². The highest BCUT2D eigenvalue weighted by atomic mass is 16.5. The summed E-state index contributed by atoms with van der Waals surface area (Å²) in [7, 11) is 0. The van der Waals surface area contributed by atoms with Crippen molar-refractivity contribution >= 4 is 11.6 Å². The number of hydrogen-bond donors (Lipinski definition) is 1. The van der Waals surface area contributed by atoms with E-state index in [4.69, 9.17) is 4.74 Å². The second-order valence-corrected chi connectivity index (χ2v) is 8.05. The number of anilines is 1. The maximum absolute atomic E-state index is 13.2. The minimum atomic E-state index is 0.00421. The molecule has 0 unspecified atom stereocenters. The zero-order valence-corrected chi connectivity index (χ0v) is 17.6. The number of carbonyl (C=O) groups is 1. The summed E-state index contributed by atoms with van der Waals surface area (Å²) in [4.78, 5) is 19.0. The van der Waals surface area contributed by atoms with Crippen LogP contribution in [0.4, 0.5) is 5.69 Å². The number of carbonyl (C=O) groups excluding carboxylic acids is 1. The summed E-state index contributed by atoms with van der Waals surface area (Å²) < 4.78 is 5.80. The molecule has 2 heterocycles. The quantitative estimate of drug-likeness (QED) is 0.840. The monoisotopic (exact) mass is 394 g/mol. The van der Waals surface area contributed by atoms with Crippen LogP contribution in [0, 0.1) is 0 Å². The summed E-state index contributed by atoms with van der Waals surface area (Å²) in [5, 5.41) is 0. The maximum Gasteiger partial charge on any atom is 0.280 e. The summed E-state index contributed by atoms with van der Waals surface area (Å²) >= 11 is 0. The number of hydrogen-bond acceptors (Lipinski definition) is 3. The van der Waals surface area contributed by atoms with Crippen molar-refractivity contribution in [1.29, 1.82) is 0 Å². The van der Waals surface area contributed by atoms with E-state index >= 15 is 0 Å². The fourth-order valence-corrected chi connectivity index (χ4v) is 4.60. The first-order valence-electron chi connectivity index (χ1n) is 10.8. The molecule has 5 heteroatoms. The molecule has 154 valence electrons. The Morgan fingerprint density at radius 2 is 1.72 bits per heavy atom. The largest absolute Gasteiger partial charge is 0.492 e. The first-order valence-corrected chi connectivity index (χ1v) is 10.8. The molecular weight excluding hydrogens is 362 g/mol. The lowest BCUT2D eigenvalue weighted by Gasteiger charge is -2.38. The number of amides is 1. The Balaban J connectivity index is 1.36. The van der Waals surface area contributed by atoms with Crippen LogP contribution in [0.2, 0.25) is 0 Å². The van der Waals surface area contributed by atoms with Crippen LogP contribution in [0.1, 0.15) is 25.0 Å². The average molecular weight is 395 g/mol. The van der Waals surface area contributed by atoms with Gasteiger partial charge in [0, 0.05) is 13.1 Å². The second-order valence-electron chi connectivity index (χ2n) is 8.05. The molecule has 4 rings (SSSR count). The van der Waals surface area contributed by atoms with Crippen molar-refractivity contribution in [2.45, 2.75) is 32.9 Å². The van der Waals surface area contributed by atoms with Gasteiger partial charge in [-0.05, 0) is 43.5 Å². The van der Waals surface area contributed by atoms with Crippen LogP contribution in [0.3, 0.4) is 0 Å². The third kappa shape index (κ3) is 4.25. The molecule has 0 bridgehead atoms. The number of fused-ring (bicyclic) bond motifs is 1. The fraction of sp³-hybridized carbons (Fsp3) is 0.458. The van der Waals surface area contributed by atoms with Crippen molar-refractivity contribution < 1.29 is 14.4 Å². The molecule has 0 spiro atoms. The Kier molecular flexibility index (Phi) is 6.05. The van der Waals surface area contributed by atoms with Gasteiger partial charge < -0.3 is 19.4 Å². The minimum absolute atomic E-state index is 0.00421. The number of piperazine rings is 1. The molecule has 1 atom stereocenters. The lowest BCUT2D eigenvalue weighted by Crippen LogP contribution is -3.19. The molecule has 1 amide bonds. The number of nitrogens with zero attached hydrogens (tertiary/aromatic N) is 2. The van der Waals surface area contributed by atoms with Gasteiger partial charge in [-0.15, -0.1) is 0 Å². The summed E-state index contributed by atoms with van der Waals surface area (Å²) in [6, 6.07) is 16.8. The SMILES string of the molecule is CCOc1ccccc1N1CC[NH+]([C@H](C)C(=O)N2CCc3ccccc3C2)CC1. The van der Waals surface area contributed by atoms with E-state index in [1.54, 1.807) is 0 Å². The molecule has 0 saturated carbocycles. The molecule has 2 aliphatic heterocycles. The molecule has 1 fully saturated rings. The van der Waals surface area contributed by atoms with Gasteiger partial charge >= 0.3 is 0 Å². The molecule has 1 N–H and O–H groups in total. The zero-order chi connectivity index (χ0) is 20.2. The highest BCUT2D eigenvalue weighted by molar-refractivity contribution is 5.80. The van der Waals surface area contributed by atoms with Gasteiger partial charge in [0.1, 0.15) is 5.75 Å². The van der Waals surface area contributed by atoms with Gasteiger partial charge in [0.2, 0.25) is 0 Å². The van der Waals surface area contributed by atoms with Crippen LogP contribution in [-0.4, -0.2) is 56.2 Å². The van der Waals surface area contributed by atoms with Gasteiger partial charge in [0.25, 0.3) is 5.91 Å². The highest BCUT2D eigenvalue weighted by Crippen LogP contribution is 2.28. The van der Waals surface area contributed by atoms with Crippen LogP contribution >= 0.6 is 0 Å². The molecule has 2 aromatic rings. The average Bonchev–Trinajstić information content (AvgIpc) is 2.78. The van der Waals surface area contributed by atoms with Gasteiger partial charge in [-0.1, -0.05) is 36.4 Å². The fourth-order valence-electron chi connectivity index (χ4n) is 4.60. The Bertz CT molecular complexity index is 846. The molecule has 1 saturated heterocycles. The summed E-state index contributed by atoms with van der Waals surface area (Å²) in [6.07, 6.45) is 0.964. The maximum atomic E-state index is 13.2. The number of ether oxygens (including phenoxy) is 1. The molecule has 2 aromatic carbocycles. The summed E-state index contributed by atoms with van der Waals surface area (Å²) in [6.45, 7) is 10.2. The molecule has 0 aliphatic carbocycles. The lowest BCUT2D eigenvalue weighted by atomic mass is 9.99. The van der Waals surface area contributed by atoms with E-state index in [1.807, 2.05) is 19.1 Å². The third-order valence-corrected chi connectivity index (χ3v) is 6.34. The van der Waals surface area contributed by atoms with Crippen LogP contribution in [0.15, 0.2) is 48.5 Å². The van der Waals surface area contributed by atoms with Crippen molar-refractivity contribution in [3.8, 4) is 5.75 Å². The molecule has 5 nitrogen and oxygen atoms in total. The Morgan fingerprint density at radius 3 is 2.48 bits per heavy atom. The first kappa shape index (κ1) is 19.8. The van der Waals surface area contributed by atoms with Crippen LogP contribution in [-0.2, 0) is 17.8 Å². The van der Waals surface area contributed by atoms with Crippen molar-refractivity contribution in [2.75, 3.05) is 44.2 Å². The third-order valence-electron chi connectivity index (χ3n) is 6.34. The number of quaternary nitrogens is 1. The van der Waals surface area contributed by atoms with Gasteiger partial charge in [0.05, 0.1) is 38.5 Å². The number of rotatable bonds is 5. The van der Waals surface area contributed by atoms with Crippen molar-refractivity contribution in [3.05, 3.63) is 59.7 Å². The molecule has 29 heavy (non-hydrogen) atoms. The van der Waals surface area contributed by atoms with Crippen LogP contribution in [0.5, 0.6) is 5.75 Å². The van der Waals surface area contributed by atoms with Crippen LogP contribution in [0.25, 0.3) is 0 Å². The molecular formula is C24H32N3O2+. The van der Waals surface area contributed by atoms with Crippen molar-refractivity contribution in [1.82, 2.24) is 4.90 Å². The zero-order valence-electron chi connectivity index (χ0n) is 17.6. The number of nitrogens with one attached hydrogen (secondary N) is 1. The lowest BCUT2D eigenvalue weighted by molar-refractivity contribution is -0.915. The van der Waals surface area contributed by atoms with E-state index in [0.29, 0.717) is 6.61 Å². The van der Waals surface area contributed by atoms with Crippen LogP contribution < -0.4 is 14.5 Å². The topological polar surface area (TPSA) is 37.2 Å². The van der Waals surface area contributed by atoms with Gasteiger partial charge in [0.15, 0.2) is 6.04 Å².